The molecule has 1 saturated heterocycles. The molecule has 3 rings (SSSR count). The van der Waals surface area contributed by atoms with Gasteiger partial charge in [-0.05, 0) is 36.6 Å². The van der Waals surface area contributed by atoms with Gasteiger partial charge in [0.15, 0.2) is 0 Å². The third kappa shape index (κ3) is 3.64. The van der Waals surface area contributed by atoms with Crippen LogP contribution in [0.25, 0.3) is 0 Å². The summed E-state index contributed by atoms with van der Waals surface area (Å²) in [5, 5.41) is 10.2. The van der Waals surface area contributed by atoms with Crippen LogP contribution in [0, 0.1) is 11.6 Å². The second kappa shape index (κ2) is 7.28. The zero-order valence-corrected chi connectivity index (χ0v) is 14.6. The molecule has 0 spiro atoms. The Morgan fingerprint density at radius 1 is 1.16 bits per heavy atom. The van der Waals surface area contributed by atoms with E-state index in [0.29, 0.717) is 35.0 Å². The van der Waals surface area contributed by atoms with Crippen molar-refractivity contribution >= 4 is 29.2 Å². The third-order valence-corrected chi connectivity index (χ3v) is 4.99. The van der Waals surface area contributed by atoms with Crippen LogP contribution in [-0.4, -0.2) is 28.6 Å². The number of carboxylic acid groups (broad SMARTS) is 1. The predicted octanol–water partition coefficient (Wildman–Crippen LogP) is 4.91. The number of rotatable bonds is 4. The van der Waals surface area contributed by atoms with Gasteiger partial charge in [0.1, 0.15) is 17.7 Å². The van der Waals surface area contributed by atoms with Crippen molar-refractivity contribution in [3.8, 4) is 0 Å². The SMILES string of the molecule is O=C(O)C1CCCN1C(c1ccc(F)cc1F)c1ccc(Cl)cc1Cl. The minimum absolute atomic E-state index is 0.179. The van der Waals surface area contributed by atoms with Crippen molar-refractivity contribution in [2.45, 2.75) is 24.9 Å². The number of nitrogens with zero attached hydrogens (tertiary/aromatic N) is 1. The molecule has 0 aliphatic carbocycles. The van der Waals surface area contributed by atoms with Crippen LogP contribution in [0.4, 0.5) is 8.78 Å². The van der Waals surface area contributed by atoms with Gasteiger partial charge in [-0.2, -0.15) is 0 Å². The lowest BCUT2D eigenvalue weighted by molar-refractivity contribution is -0.142. The van der Waals surface area contributed by atoms with E-state index in [1.807, 2.05) is 0 Å². The fourth-order valence-electron chi connectivity index (χ4n) is 3.33. The summed E-state index contributed by atoms with van der Waals surface area (Å²) >= 11 is 12.3. The van der Waals surface area contributed by atoms with Crippen molar-refractivity contribution in [2.24, 2.45) is 0 Å². The highest BCUT2D eigenvalue weighted by atomic mass is 35.5. The Morgan fingerprint density at radius 2 is 1.88 bits per heavy atom. The summed E-state index contributed by atoms with van der Waals surface area (Å²) in [6.07, 6.45) is 1.13. The lowest BCUT2D eigenvalue weighted by Gasteiger charge is -2.32. The molecule has 3 nitrogen and oxygen atoms in total. The van der Waals surface area contributed by atoms with Crippen molar-refractivity contribution in [1.82, 2.24) is 4.90 Å². The summed E-state index contributed by atoms with van der Waals surface area (Å²) in [6.45, 7) is 0.470. The van der Waals surface area contributed by atoms with Gasteiger partial charge in [-0.15, -0.1) is 0 Å². The predicted molar refractivity (Wildman–Crippen MR) is 92.0 cm³/mol. The van der Waals surface area contributed by atoms with Crippen LogP contribution in [0.2, 0.25) is 10.0 Å². The monoisotopic (exact) mass is 385 g/mol. The third-order valence-electron chi connectivity index (χ3n) is 4.43. The van der Waals surface area contributed by atoms with E-state index in [1.165, 1.54) is 12.1 Å². The molecular weight excluding hydrogens is 371 g/mol. The van der Waals surface area contributed by atoms with E-state index >= 15 is 0 Å². The van der Waals surface area contributed by atoms with E-state index in [1.54, 1.807) is 17.0 Å². The first-order valence-corrected chi connectivity index (χ1v) is 8.52. The largest absolute Gasteiger partial charge is 0.480 e. The van der Waals surface area contributed by atoms with Gasteiger partial charge in [0.05, 0.1) is 6.04 Å². The molecule has 2 aromatic carbocycles. The smallest absolute Gasteiger partial charge is 0.320 e. The Labute approximate surface area is 153 Å². The number of benzene rings is 2. The van der Waals surface area contributed by atoms with Crippen molar-refractivity contribution in [3.05, 3.63) is 69.2 Å². The summed E-state index contributed by atoms with van der Waals surface area (Å²) in [7, 11) is 0. The molecule has 7 heteroatoms. The highest BCUT2D eigenvalue weighted by Gasteiger charge is 2.38. The second-order valence-electron chi connectivity index (χ2n) is 5.97. The van der Waals surface area contributed by atoms with E-state index in [0.717, 1.165) is 12.1 Å². The number of halogens is 4. The molecule has 2 atom stereocenters. The molecule has 1 heterocycles. The molecule has 1 aliphatic rings. The van der Waals surface area contributed by atoms with Crippen LogP contribution in [0.15, 0.2) is 36.4 Å². The first kappa shape index (κ1) is 18.1. The first-order valence-electron chi connectivity index (χ1n) is 7.77. The van der Waals surface area contributed by atoms with E-state index in [2.05, 4.69) is 0 Å². The lowest BCUT2D eigenvalue weighted by Crippen LogP contribution is -2.39. The molecule has 1 fully saturated rings. The molecule has 0 saturated carbocycles. The molecule has 0 radical (unpaired) electrons. The molecule has 0 bridgehead atoms. The van der Waals surface area contributed by atoms with Gasteiger partial charge in [0.25, 0.3) is 0 Å². The van der Waals surface area contributed by atoms with Gasteiger partial charge in [0, 0.05) is 28.2 Å². The number of carbonyl (C=O) groups is 1. The molecule has 2 aromatic rings. The van der Waals surface area contributed by atoms with Crippen LogP contribution < -0.4 is 0 Å². The van der Waals surface area contributed by atoms with Gasteiger partial charge in [-0.25, -0.2) is 8.78 Å². The average molecular weight is 386 g/mol. The normalized spacial score (nSPS) is 19.1. The Hall–Kier alpha value is -1.69. The maximum atomic E-state index is 14.5. The van der Waals surface area contributed by atoms with Crippen LogP contribution in [-0.2, 0) is 4.79 Å². The Balaban J connectivity index is 2.16. The van der Waals surface area contributed by atoms with Gasteiger partial charge in [-0.1, -0.05) is 35.3 Å². The van der Waals surface area contributed by atoms with Gasteiger partial charge < -0.3 is 5.11 Å². The van der Waals surface area contributed by atoms with Crippen molar-refractivity contribution in [2.75, 3.05) is 6.54 Å². The summed E-state index contributed by atoms with van der Waals surface area (Å²) in [5.74, 6) is -2.42. The summed E-state index contributed by atoms with van der Waals surface area (Å²) in [6, 6.07) is 6.56. The van der Waals surface area contributed by atoms with Crippen molar-refractivity contribution < 1.29 is 18.7 Å². The second-order valence-corrected chi connectivity index (χ2v) is 6.81. The molecule has 1 N–H and O–H groups in total. The maximum absolute atomic E-state index is 14.5. The van der Waals surface area contributed by atoms with Gasteiger partial charge in [-0.3, -0.25) is 9.69 Å². The molecule has 25 heavy (non-hydrogen) atoms. The average Bonchev–Trinajstić information content (AvgIpc) is 3.01. The summed E-state index contributed by atoms with van der Waals surface area (Å²) in [5.41, 5.74) is 0.712. The van der Waals surface area contributed by atoms with Gasteiger partial charge in [0.2, 0.25) is 0 Å². The fraction of sp³-hybridized carbons (Fsp3) is 0.278. The number of hydrogen-bond donors (Lipinski definition) is 1. The quantitative estimate of drug-likeness (QED) is 0.812. The minimum atomic E-state index is -0.977. The topological polar surface area (TPSA) is 40.5 Å². The van der Waals surface area contributed by atoms with E-state index < -0.39 is 29.7 Å². The molecule has 2 unspecified atom stereocenters. The Morgan fingerprint density at radius 3 is 2.52 bits per heavy atom. The summed E-state index contributed by atoms with van der Waals surface area (Å²) < 4.78 is 27.8. The summed E-state index contributed by atoms with van der Waals surface area (Å²) in [4.78, 5) is 13.3. The minimum Gasteiger partial charge on any atom is -0.480 e. The molecule has 0 aromatic heterocycles. The van der Waals surface area contributed by atoms with E-state index in [9.17, 15) is 18.7 Å². The highest BCUT2D eigenvalue weighted by Crippen LogP contribution is 2.39. The molecule has 132 valence electrons. The van der Waals surface area contributed by atoms with Crippen LogP contribution in [0.3, 0.4) is 0 Å². The van der Waals surface area contributed by atoms with Crippen LogP contribution in [0.1, 0.15) is 30.0 Å². The number of likely N-dealkylation sites (tertiary alicyclic amines) is 1. The number of hydrogen-bond acceptors (Lipinski definition) is 2. The van der Waals surface area contributed by atoms with Crippen LogP contribution in [0.5, 0.6) is 0 Å². The Kier molecular flexibility index (Phi) is 5.27. The zero-order valence-electron chi connectivity index (χ0n) is 13.1. The fourth-order valence-corrected chi connectivity index (χ4v) is 3.85. The van der Waals surface area contributed by atoms with Crippen molar-refractivity contribution in [1.29, 1.82) is 0 Å². The Bertz CT molecular complexity index is 764. The standard InChI is InChI=1S/C18H15Cl2F2NO2/c19-10-3-5-12(14(20)8-10)17(13-6-4-11(21)9-15(13)22)23-7-1-2-16(23)18(24)25/h3-6,8-9,16-17H,1-2,7H2,(H,24,25). The van der Waals surface area contributed by atoms with E-state index in [-0.39, 0.29) is 5.56 Å². The maximum Gasteiger partial charge on any atom is 0.320 e. The molecule has 1 aliphatic heterocycles. The molecular formula is C18H15Cl2F2NO2. The van der Waals surface area contributed by atoms with Crippen LogP contribution >= 0.6 is 23.2 Å². The number of carboxylic acids is 1. The number of aliphatic carboxylic acids is 1. The zero-order chi connectivity index (χ0) is 18.1. The molecule has 0 amide bonds. The lowest BCUT2D eigenvalue weighted by atomic mass is 9.95. The first-order chi connectivity index (χ1) is 11.9. The highest BCUT2D eigenvalue weighted by molar-refractivity contribution is 6.35. The van der Waals surface area contributed by atoms with Crippen molar-refractivity contribution in [3.63, 3.8) is 0 Å². The van der Waals surface area contributed by atoms with E-state index in [4.69, 9.17) is 23.2 Å². The van der Waals surface area contributed by atoms with Gasteiger partial charge >= 0.3 is 5.97 Å².